The number of halogens is 1. The number of ether oxygens (including phenoxy) is 1. The van der Waals surface area contributed by atoms with Crippen LogP contribution in [0.3, 0.4) is 0 Å². The van der Waals surface area contributed by atoms with Crippen molar-refractivity contribution in [3.05, 3.63) is 16.0 Å². The van der Waals surface area contributed by atoms with Crippen molar-refractivity contribution in [3.63, 3.8) is 0 Å². The Bertz CT molecular complexity index is 504. The molecule has 2 heterocycles. The molecule has 1 aliphatic carbocycles. The molecule has 6 heteroatoms. The first-order chi connectivity index (χ1) is 9.05. The van der Waals surface area contributed by atoms with E-state index in [1.54, 1.807) is 0 Å². The third kappa shape index (κ3) is 2.29. The molecule has 1 aliphatic heterocycles. The van der Waals surface area contributed by atoms with Crippen LogP contribution >= 0.6 is 22.6 Å². The van der Waals surface area contributed by atoms with Crippen molar-refractivity contribution in [2.75, 3.05) is 13.7 Å². The predicted molar refractivity (Wildman–Crippen MR) is 78.6 cm³/mol. The second-order valence-electron chi connectivity index (χ2n) is 5.58. The van der Waals surface area contributed by atoms with Gasteiger partial charge in [0.25, 0.3) is 0 Å². The summed E-state index contributed by atoms with van der Waals surface area (Å²) >= 11 is 2.27. The van der Waals surface area contributed by atoms with Gasteiger partial charge >= 0.3 is 5.97 Å². The molecule has 0 spiro atoms. The van der Waals surface area contributed by atoms with Crippen LogP contribution in [0.5, 0.6) is 0 Å². The maximum atomic E-state index is 11.9. The van der Waals surface area contributed by atoms with E-state index in [2.05, 4.69) is 38.8 Å². The fraction of sp³-hybridized carbons (Fsp3) is 0.692. The monoisotopic (exact) mass is 375 g/mol. The third-order valence-electron chi connectivity index (χ3n) is 4.37. The quantitative estimate of drug-likeness (QED) is 0.592. The number of carbonyl (C=O) groups excluding carboxylic acids is 1. The molecule has 0 aromatic carbocycles. The van der Waals surface area contributed by atoms with Gasteiger partial charge in [0.05, 0.1) is 16.4 Å². The van der Waals surface area contributed by atoms with Crippen molar-refractivity contribution in [2.45, 2.75) is 38.4 Å². The minimum absolute atomic E-state index is 0.0756. The number of rotatable bonds is 4. The van der Waals surface area contributed by atoms with Crippen molar-refractivity contribution in [1.82, 2.24) is 14.7 Å². The van der Waals surface area contributed by atoms with E-state index in [-0.39, 0.29) is 17.4 Å². The maximum absolute atomic E-state index is 11.9. The molecule has 0 unspecified atom stereocenters. The molecule has 3 rings (SSSR count). The number of carbonyl (C=O) groups is 1. The number of nitrogens with zero attached hydrogens (tertiary/aromatic N) is 3. The molecule has 3 atom stereocenters. The van der Waals surface area contributed by atoms with Crippen LogP contribution in [0.1, 0.15) is 19.8 Å². The minimum Gasteiger partial charge on any atom is -0.465 e. The molecule has 1 saturated carbocycles. The van der Waals surface area contributed by atoms with Gasteiger partial charge in [0.2, 0.25) is 0 Å². The van der Waals surface area contributed by atoms with E-state index >= 15 is 0 Å². The highest BCUT2D eigenvalue weighted by Gasteiger charge is 2.65. The van der Waals surface area contributed by atoms with E-state index in [0.29, 0.717) is 12.6 Å². The first kappa shape index (κ1) is 13.4. The second kappa shape index (κ2) is 4.73. The van der Waals surface area contributed by atoms with Gasteiger partial charge in [-0.2, -0.15) is 5.10 Å². The Hall–Kier alpha value is -0.630. The first-order valence-corrected chi connectivity index (χ1v) is 7.70. The number of likely N-dealkylation sites (N-methyl/N-ethyl adjacent to an activating group) is 1. The summed E-state index contributed by atoms with van der Waals surface area (Å²) in [4.78, 5) is 14.1. The molecule has 1 aromatic heterocycles. The largest absolute Gasteiger partial charge is 0.465 e. The van der Waals surface area contributed by atoms with Gasteiger partial charge in [-0.05, 0) is 49.4 Å². The summed E-state index contributed by atoms with van der Waals surface area (Å²) in [6, 6.07) is 0.428. The lowest BCUT2D eigenvalue weighted by Gasteiger charge is -2.20. The Morgan fingerprint density at radius 3 is 3.05 bits per heavy atom. The summed E-state index contributed by atoms with van der Waals surface area (Å²) in [5, 5.41) is 4.36. The normalized spacial score (nSPS) is 33.2. The highest BCUT2D eigenvalue weighted by Crippen LogP contribution is 2.59. The Morgan fingerprint density at radius 2 is 2.42 bits per heavy atom. The molecule has 0 amide bonds. The molecular formula is C13H18IN3O2. The van der Waals surface area contributed by atoms with Crippen molar-refractivity contribution < 1.29 is 9.53 Å². The lowest BCUT2D eigenvalue weighted by Crippen LogP contribution is -2.37. The van der Waals surface area contributed by atoms with Crippen LogP contribution in [0.2, 0.25) is 0 Å². The Labute approximate surface area is 126 Å². The molecule has 0 N–H and O–H groups in total. The number of aromatic nitrogens is 2. The minimum atomic E-state index is -0.0772. The van der Waals surface area contributed by atoms with Crippen LogP contribution in [0.4, 0.5) is 0 Å². The van der Waals surface area contributed by atoms with Crippen molar-refractivity contribution >= 4 is 28.6 Å². The fourth-order valence-electron chi connectivity index (χ4n) is 3.34. The number of esters is 1. The number of hydrogen-bond donors (Lipinski definition) is 0. The summed E-state index contributed by atoms with van der Waals surface area (Å²) in [7, 11) is 2.04. The van der Waals surface area contributed by atoms with Crippen LogP contribution in [-0.2, 0) is 16.1 Å². The van der Waals surface area contributed by atoms with Gasteiger partial charge in [-0.1, -0.05) is 0 Å². The van der Waals surface area contributed by atoms with Crippen molar-refractivity contribution in [3.8, 4) is 0 Å². The van der Waals surface area contributed by atoms with Gasteiger partial charge in [-0.15, -0.1) is 0 Å². The summed E-state index contributed by atoms with van der Waals surface area (Å²) < 4.78 is 8.32. The second-order valence-corrected chi connectivity index (χ2v) is 6.82. The molecule has 0 bridgehead atoms. The van der Waals surface area contributed by atoms with Gasteiger partial charge in [0, 0.05) is 24.2 Å². The number of hydrogen-bond acceptors (Lipinski definition) is 4. The highest BCUT2D eigenvalue weighted by molar-refractivity contribution is 14.1. The molecule has 19 heavy (non-hydrogen) atoms. The van der Waals surface area contributed by atoms with Crippen LogP contribution in [0, 0.1) is 8.99 Å². The first-order valence-electron chi connectivity index (χ1n) is 6.62. The molecule has 5 nitrogen and oxygen atoms in total. The van der Waals surface area contributed by atoms with Crippen LogP contribution < -0.4 is 0 Å². The summed E-state index contributed by atoms with van der Waals surface area (Å²) in [5.41, 5.74) is 0.223. The SMILES string of the molecule is CCOC(=O)[C@@H]1C[C@@]2(Cn3cc(I)cn3)C[C@H]2N1C. The lowest BCUT2D eigenvalue weighted by molar-refractivity contribution is -0.148. The molecule has 2 fully saturated rings. The van der Waals surface area contributed by atoms with E-state index in [1.165, 1.54) is 0 Å². The third-order valence-corrected chi connectivity index (χ3v) is 4.92. The fourth-order valence-corrected chi connectivity index (χ4v) is 3.78. The summed E-state index contributed by atoms with van der Waals surface area (Å²) in [6.07, 6.45) is 5.98. The Kier molecular flexibility index (Phi) is 3.33. The number of likely N-dealkylation sites (tertiary alicyclic amines) is 1. The zero-order valence-corrected chi connectivity index (χ0v) is 13.3. The topological polar surface area (TPSA) is 47.4 Å². The molecular weight excluding hydrogens is 357 g/mol. The van der Waals surface area contributed by atoms with E-state index in [4.69, 9.17) is 4.74 Å². The van der Waals surface area contributed by atoms with Gasteiger partial charge in [-0.25, -0.2) is 0 Å². The van der Waals surface area contributed by atoms with Crippen LogP contribution in [0.15, 0.2) is 12.4 Å². The average Bonchev–Trinajstić information content (AvgIpc) is 2.80. The number of fused-ring (bicyclic) bond motifs is 1. The van der Waals surface area contributed by atoms with Gasteiger partial charge in [0.15, 0.2) is 0 Å². The zero-order chi connectivity index (χ0) is 13.6. The molecule has 1 saturated heterocycles. The average molecular weight is 375 g/mol. The summed E-state index contributed by atoms with van der Waals surface area (Å²) in [6.45, 7) is 3.22. The Balaban J connectivity index is 1.69. The van der Waals surface area contributed by atoms with E-state index < -0.39 is 0 Å². The highest BCUT2D eigenvalue weighted by atomic mass is 127. The number of piperidine rings is 1. The molecule has 104 valence electrons. The predicted octanol–water partition coefficient (Wildman–Crippen LogP) is 1.51. The van der Waals surface area contributed by atoms with Crippen LogP contribution in [-0.4, -0.2) is 46.4 Å². The van der Waals surface area contributed by atoms with Gasteiger partial charge < -0.3 is 4.74 Å². The van der Waals surface area contributed by atoms with Crippen molar-refractivity contribution in [2.24, 2.45) is 5.41 Å². The van der Waals surface area contributed by atoms with Gasteiger partial charge in [-0.3, -0.25) is 14.4 Å². The zero-order valence-electron chi connectivity index (χ0n) is 11.2. The smallest absolute Gasteiger partial charge is 0.323 e. The van der Waals surface area contributed by atoms with E-state index in [1.807, 2.05) is 24.9 Å². The van der Waals surface area contributed by atoms with E-state index in [0.717, 1.165) is 23.0 Å². The molecule has 0 radical (unpaired) electrons. The van der Waals surface area contributed by atoms with Crippen LogP contribution in [0.25, 0.3) is 0 Å². The Morgan fingerprint density at radius 1 is 1.63 bits per heavy atom. The van der Waals surface area contributed by atoms with Gasteiger partial charge in [0.1, 0.15) is 6.04 Å². The van der Waals surface area contributed by atoms with Crippen molar-refractivity contribution in [1.29, 1.82) is 0 Å². The lowest BCUT2D eigenvalue weighted by atomic mass is 10.00. The maximum Gasteiger partial charge on any atom is 0.323 e. The molecule has 1 aromatic rings. The standard InChI is InChI=1S/C13H18IN3O2/c1-3-19-12(18)10-4-13(5-11(13)16(10)2)8-17-7-9(14)6-15-17/h6-7,10-11H,3-5,8H2,1-2H3/t10-,11+,13-/m0/s1. The van der Waals surface area contributed by atoms with E-state index in [9.17, 15) is 4.79 Å². The summed E-state index contributed by atoms with van der Waals surface area (Å²) in [5.74, 6) is -0.0772. The molecule has 2 aliphatic rings.